The van der Waals surface area contributed by atoms with E-state index >= 15 is 0 Å². The second-order valence-corrected chi connectivity index (χ2v) is 14.8. The van der Waals surface area contributed by atoms with E-state index in [0.29, 0.717) is 23.6 Å². The molecule has 0 unspecified atom stereocenters. The fourth-order valence-electron chi connectivity index (χ4n) is 7.40. The molecule has 2 N–H and O–H groups in total. The van der Waals surface area contributed by atoms with Gasteiger partial charge in [0.05, 0.1) is 16.6 Å². The highest BCUT2D eigenvalue weighted by molar-refractivity contribution is 7.92. The summed E-state index contributed by atoms with van der Waals surface area (Å²) in [7, 11) is -4.11. The van der Waals surface area contributed by atoms with E-state index in [9.17, 15) is 18.3 Å². The minimum Gasteiger partial charge on any atom is -0.475 e. The Morgan fingerprint density at radius 2 is 1.74 bits per heavy atom. The fourth-order valence-corrected chi connectivity index (χ4v) is 8.39. The largest absolute Gasteiger partial charge is 0.475 e. The van der Waals surface area contributed by atoms with Gasteiger partial charge in [-0.25, -0.2) is 18.1 Å². The summed E-state index contributed by atoms with van der Waals surface area (Å²) in [4.78, 5) is 25.3. The molecule has 2 aromatic carbocycles. The number of aryl methyl sites for hydroxylation is 2. The Balaban J connectivity index is 1.44. The van der Waals surface area contributed by atoms with E-state index in [1.165, 1.54) is 12.1 Å². The number of nitrogens with one attached hydrogen (secondary N) is 1. The predicted octanol–water partition coefficient (Wildman–Crippen LogP) is 5.36. The molecule has 0 saturated heterocycles. The third-order valence-electron chi connectivity index (χ3n) is 9.28. The first-order valence-corrected chi connectivity index (χ1v) is 16.6. The zero-order chi connectivity index (χ0) is 30.5. The second kappa shape index (κ2) is 11.2. The van der Waals surface area contributed by atoms with Gasteiger partial charge in [0, 0.05) is 29.8 Å². The van der Waals surface area contributed by atoms with E-state index in [1.807, 2.05) is 36.9 Å². The first kappa shape index (κ1) is 29.6. The maximum Gasteiger partial charge on any atom is 0.264 e. The van der Waals surface area contributed by atoms with Crippen LogP contribution in [0.5, 0.6) is 5.88 Å². The van der Waals surface area contributed by atoms with Crippen molar-refractivity contribution in [2.45, 2.75) is 76.8 Å². The van der Waals surface area contributed by atoms with Gasteiger partial charge in [-0.05, 0) is 92.5 Å². The number of rotatable bonds is 5. The number of hydrogen-bond donors (Lipinski definition) is 2. The highest BCUT2D eigenvalue weighted by Crippen LogP contribution is 2.60. The van der Waals surface area contributed by atoms with Crippen LogP contribution in [0.2, 0.25) is 0 Å². The molecule has 6 rings (SSSR count). The molecule has 3 aliphatic rings. The van der Waals surface area contributed by atoms with Crippen LogP contribution < -0.4 is 9.46 Å². The lowest BCUT2D eigenvalue weighted by molar-refractivity contribution is -0.102. The molecule has 0 radical (unpaired) electrons. The van der Waals surface area contributed by atoms with Gasteiger partial charge >= 0.3 is 0 Å². The van der Waals surface area contributed by atoms with E-state index in [2.05, 4.69) is 28.5 Å². The summed E-state index contributed by atoms with van der Waals surface area (Å²) >= 11 is 0. The number of sulfonamides is 1. The van der Waals surface area contributed by atoms with Gasteiger partial charge in [-0.3, -0.25) is 4.79 Å². The molecular formula is C33H40N4O5S. The summed E-state index contributed by atoms with van der Waals surface area (Å²) in [5.41, 5.74) is 3.94. The van der Waals surface area contributed by atoms with Crippen molar-refractivity contribution in [3.05, 3.63) is 65.2 Å². The van der Waals surface area contributed by atoms with Crippen LogP contribution in [0, 0.1) is 31.1 Å². The third-order valence-corrected chi connectivity index (χ3v) is 10.6. The fraction of sp³-hybridized carbons (Fsp3) is 0.485. The van der Waals surface area contributed by atoms with E-state index < -0.39 is 10.0 Å². The van der Waals surface area contributed by atoms with Crippen molar-refractivity contribution in [2.24, 2.45) is 17.3 Å². The zero-order valence-corrected chi connectivity index (χ0v) is 26.0. The predicted molar refractivity (Wildman–Crippen MR) is 164 cm³/mol. The van der Waals surface area contributed by atoms with E-state index in [0.717, 1.165) is 42.4 Å². The summed E-state index contributed by atoms with van der Waals surface area (Å²) in [6.07, 6.45) is 4.43. The van der Waals surface area contributed by atoms with Crippen LogP contribution in [0.4, 0.5) is 5.95 Å². The lowest BCUT2D eigenvalue weighted by Crippen LogP contribution is -2.61. The molecule has 10 heteroatoms. The first-order valence-electron chi connectivity index (χ1n) is 15.1. The molecule has 2 heterocycles. The summed E-state index contributed by atoms with van der Waals surface area (Å²) in [6, 6.07) is 13.6. The number of ether oxygens (including phenoxy) is 1. The molecule has 3 aromatic rings. The van der Waals surface area contributed by atoms with Crippen molar-refractivity contribution in [3.8, 4) is 17.1 Å². The molecule has 43 heavy (non-hydrogen) atoms. The summed E-state index contributed by atoms with van der Waals surface area (Å²) in [5, 5.41) is 9.59. The minimum atomic E-state index is -4.11. The lowest BCUT2D eigenvalue weighted by atomic mass is 9.50. The van der Waals surface area contributed by atoms with Crippen LogP contribution >= 0.6 is 0 Å². The summed E-state index contributed by atoms with van der Waals surface area (Å²) in [5.74, 6) is 0.585. The quantitative estimate of drug-likeness (QED) is 0.402. The molecule has 2 fully saturated rings. The lowest BCUT2D eigenvalue weighted by Gasteiger charge is -2.60. The van der Waals surface area contributed by atoms with E-state index in [4.69, 9.17) is 4.74 Å². The van der Waals surface area contributed by atoms with E-state index in [-0.39, 0.29) is 59.3 Å². The van der Waals surface area contributed by atoms with Crippen LogP contribution in [-0.2, 0) is 10.0 Å². The number of anilines is 1. The van der Waals surface area contributed by atoms with Gasteiger partial charge in [0.2, 0.25) is 11.8 Å². The summed E-state index contributed by atoms with van der Waals surface area (Å²) in [6.45, 7) is 8.65. The van der Waals surface area contributed by atoms with Gasteiger partial charge < -0.3 is 14.7 Å². The van der Waals surface area contributed by atoms with E-state index in [1.54, 1.807) is 18.2 Å². The molecule has 1 aliphatic heterocycles. The van der Waals surface area contributed by atoms with Crippen molar-refractivity contribution < 1.29 is 23.1 Å². The molecule has 1 spiro atoms. The average Bonchev–Trinajstić information content (AvgIpc) is 2.91. The number of aliphatic hydroxyl groups excluding tert-OH is 1. The Kier molecular flexibility index (Phi) is 7.71. The Hall–Kier alpha value is -3.50. The van der Waals surface area contributed by atoms with Crippen molar-refractivity contribution in [1.29, 1.82) is 0 Å². The Morgan fingerprint density at radius 1 is 1.05 bits per heavy atom. The number of hydrogen-bond acceptors (Lipinski definition) is 7. The zero-order valence-electron chi connectivity index (χ0n) is 25.2. The minimum absolute atomic E-state index is 0.00847. The van der Waals surface area contributed by atoms with Crippen molar-refractivity contribution in [2.75, 3.05) is 17.9 Å². The maximum absolute atomic E-state index is 14.3. The number of aromatic nitrogens is 2. The number of aliphatic hydroxyl groups is 1. The maximum atomic E-state index is 14.3. The Bertz CT molecular complexity index is 1620. The van der Waals surface area contributed by atoms with Crippen LogP contribution in [0.3, 0.4) is 0 Å². The number of amides is 1. The van der Waals surface area contributed by atoms with Crippen molar-refractivity contribution in [1.82, 2.24) is 14.9 Å². The van der Waals surface area contributed by atoms with Gasteiger partial charge in [0.1, 0.15) is 6.61 Å². The van der Waals surface area contributed by atoms with Crippen LogP contribution in [-0.4, -0.2) is 59.6 Å². The first-order chi connectivity index (χ1) is 20.5. The number of nitrogens with zero attached hydrogens (tertiary/aromatic N) is 3. The monoisotopic (exact) mass is 604 g/mol. The van der Waals surface area contributed by atoms with Crippen molar-refractivity contribution >= 4 is 21.9 Å². The third kappa shape index (κ3) is 5.74. The van der Waals surface area contributed by atoms with Gasteiger partial charge in [-0.15, -0.1) is 0 Å². The highest BCUT2D eigenvalue weighted by atomic mass is 32.2. The van der Waals surface area contributed by atoms with Crippen LogP contribution in [0.15, 0.2) is 53.4 Å². The molecule has 1 atom stereocenters. The second-order valence-electron chi connectivity index (χ2n) is 13.1. The van der Waals surface area contributed by atoms with Crippen molar-refractivity contribution in [3.63, 3.8) is 0 Å². The molecule has 9 nitrogen and oxygen atoms in total. The van der Waals surface area contributed by atoms with Gasteiger partial charge in [0.25, 0.3) is 15.9 Å². The molecule has 1 amide bonds. The highest BCUT2D eigenvalue weighted by Gasteiger charge is 2.55. The number of carbonyl (C=O) groups is 1. The smallest absolute Gasteiger partial charge is 0.264 e. The molecule has 4 bridgehead atoms. The number of fused-ring (bicyclic) bond motifs is 4. The number of benzene rings is 2. The van der Waals surface area contributed by atoms with Gasteiger partial charge in [0.15, 0.2) is 0 Å². The Morgan fingerprint density at radius 3 is 2.42 bits per heavy atom. The number of carbonyl (C=O) groups excluding carboxylic acids is 1. The van der Waals surface area contributed by atoms with Crippen LogP contribution in [0.1, 0.15) is 67.4 Å². The topological polar surface area (TPSA) is 122 Å². The molecule has 2 aliphatic carbocycles. The van der Waals surface area contributed by atoms with Gasteiger partial charge in [-0.2, -0.15) is 4.98 Å². The molecule has 1 aromatic heterocycles. The van der Waals surface area contributed by atoms with Crippen LogP contribution in [0.25, 0.3) is 11.3 Å². The molecule has 228 valence electrons. The summed E-state index contributed by atoms with van der Waals surface area (Å²) < 4.78 is 36.0. The molecule has 2 saturated carbocycles. The molecular weight excluding hydrogens is 564 g/mol. The standard InChI is InChI=1S/C33H40N4O5S/c1-20(2)11-25-19-42-29-13-28(30-21(3)7-5-8-22(30)4)34-32(35-29)36-43(40,41)27-10-6-9-24(12-27)31(39)37(25)26-16-33(17-26)14-23(15-33)18-38/h5-10,12-13,20,23,25-26,38H,11,14-19H2,1-4H3,(H,34,35,36)/t23?,25-,26?,33?/m1/s1. The normalized spacial score (nSPS) is 26.3. The Labute approximate surface area is 253 Å². The SMILES string of the molecule is Cc1cccc(C)c1-c1cc2nc(n1)NS(=O)(=O)c1cccc(c1)C(=O)N(C1CC3(CC(CO)C3)C1)[C@H](CC(C)C)CO2. The average molecular weight is 605 g/mol. The van der Waals surface area contributed by atoms with Gasteiger partial charge in [-0.1, -0.05) is 38.1 Å².